The molecule has 0 saturated heterocycles. The molecule has 124 valence electrons. The highest BCUT2D eigenvalue weighted by molar-refractivity contribution is 7.14. The number of carbonyl (C=O) groups excluding carboxylic acids is 1. The maximum absolute atomic E-state index is 12.3. The van der Waals surface area contributed by atoms with E-state index >= 15 is 0 Å². The molecule has 3 aromatic rings. The Labute approximate surface area is 141 Å². The number of nitrogens with zero attached hydrogens (tertiary/aromatic N) is 1. The van der Waals surface area contributed by atoms with Gasteiger partial charge in [0.15, 0.2) is 10.7 Å². The first-order valence-corrected chi connectivity index (χ1v) is 8.97. The van der Waals surface area contributed by atoms with Crippen LogP contribution in [0.5, 0.6) is 0 Å². The highest BCUT2D eigenvalue weighted by Gasteiger charge is 2.22. The molecule has 0 atom stereocenters. The second-order valence-corrected chi connectivity index (χ2v) is 6.95. The molecule has 1 amide bonds. The molecule has 0 bridgehead atoms. The fourth-order valence-electron chi connectivity index (χ4n) is 3.14. The molecule has 1 saturated carbocycles. The van der Waals surface area contributed by atoms with Gasteiger partial charge in [-0.3, -0.25) is 9.78 Å². The molecule has 4 rings (SSSR count). The number of anilines is 1. The number of aromatic amines is 1. The Morgan fingerprint density at radius 2 is 2.12 bits per heavy atom. The van der Waals surface area contributed by atoms with E-state index in [-0.39, 0.29) is 11.8 Å². The molecule has 0 spiro atoms. The summed E-state index contributed by atoms with van der Waals surface area (Å²) in [5.74, 6) is -0.292. The molecular formula is C17H17N3O3S. The maximum atomic E-state index is 12.3. The minimum atomic E-state index is -0.471. The highest BCUT2D eigenvalue weighted by atomic mass is 32.1. The SMILES string of the molecule is O=C(Nc1nc(-c2ccc3[nH]c(=O)oc3c2)cs1)C1CCCCC1. The average molecular weight is 343 g/mol. The molecule has 2 heterocycles. The third-order valence-electron chi connectivity index (χ3n) is 4.43. The van der Waals surface area contributed by atoms with Crippen molar-refractivity contribution in [3.63, 3.8) is 0 Å². The maximum Gasteiger partial charge on any atom is 0.417 e. The number of rotatable bonds is 3. The summed E-state index contributed by atoms with van der Waals surface area (Å²) >= 11 is 1.40. The van der Waals surface area contributed by atoms with Crippen LogP contribution in [0.4, 0.5) is 5.13 Å². The summed E-state index contributed by atoms with van der Waals surface area (Å²) in [6.07, 6.45) is 5.41. The highest BCUT2D eigenvalue weighted by Crippen LogP contribution is 2.29. The molecular weight excluding hydrogens is 326 g/mol. The lowest BCUT2D eigenvalue weighted by Crippen LogP contribution is -2.24. The third-order valence-corrected chi connectivity index (χ3v) is 5.18. The van der Waals surface area contributed by atoms with Crippen LogP contribution in [-0.4, -0.2) is 15.9 Å². The molecule has 0 aliphatic heterocycles. The largest absolute Gasteiger partial charge is 0.417 e. The van der Waals surface area contributed by atoms with Gasteiger partial charge in [0, 0.05) is 16.9 Å². The van der Waals surface area contributed by atoms with Gasteiger partial charge in [0.25, 0.3) is 0 Å². The van der Waals surface area contributed by atoms with Gasteiger partial charge in [-0.25, -0.2) is 9.78 Å². The fourth-order valence-corrected chi connectivity index (χ4v) is 3.86. The second kappa shape index (κ2) is 6.24. The number of hydrogen-bond acceptors (Lipinski definition) is 5. The number of carbonyl (C=O) groups is 1. The zero-order chi connectivity index (χ0) is 16.5. The minimum absolute atomic E-state index is 0.0719. The van der Waals surface area contributed by atoms with Crippen LogP contribution in [0.25, 0.3) is 22.4 Å². The van der Waals surface area contributed by atoms with E-state index in [1.807, 2.05) is 11.4 Å². The Morgan fingerprint density at radius 3 is 2.96 bits per heavy atom. The van der Waals surface area contributed by atoms with Gasteiger partial charge in [-0.2, -0.15) is 0 Å². The summed E-state index contributed by atoms with van der Waals surface area (Å²) < 4.78 is 5.08. The van der Waals surface area contributed by atoms with Crippen LogP contribution in [0.2, 0.25) is 0 Å². The van der Waals surface area contributed by atoms with Crippen molar-refractivity contribution in [3.05, 3.63) is 34.1 Å². The Hall–Kier alpha value is -2.41. The lowest BCUT2D eigenvalue weighted by atomic mass is 9.89. The van der Waals surface area contributed by atoms with Gasteiger partial charge in [0.1, 0.15) is 0 Å². The smallest absolute Gasteiger partial charge is 0.408 e. The molecule has 7 heteroatoms. The minimum Gasteiger partial charge on any atom is -0.408 e. The van der Waals surface area contributed by atoms with Crippen molar-refractivity contribution < 1.29 is 9.21 Å². The van der Waals surface area contributed by atoms with E-state index in [9.17, 15) is 9.59 Å². The van der Waals surface area contributed by atoms with Gasteiger partial charge in [-0.1, -0.05) is 25.3 Å². The number of thiazole rings is 1. The normalized spacial score (nSPS) is 15.7. The average Bonchev–Trinajstić information content (AvgIpc) is 3.20. The van der Waals surface area contributed by atoms with Crippen LogP contribution < -0.4 is 11.1 Å². The van der Waals surface area contributed by atoms with Crippen molar-refractivity contribution in [3.8, 4) is 11.3 Å². The van der Waals surface area contributed by atoms with Crippen LogP contribution in [0.3, 0.4) is 0 Å². The van der Waals surface area contributed by atoms with E-state index in [0.717, 1.165) is 36.9 Å². The van der Waals surface area contributed by atoms with E-state index in [1.54, 1.807) is 12.1 Å². The molecule has 2 N–H and O–H groups in total. The number of H-pyrrole nitrogens is 1. The molecule has 0 unspecified atom stereocenters. The summed E-state index contributed by atoms with van der Waals surface area (Å²) in [5, 5.41) is 5.43. The number of nitrogens with one attached hydrogen (secondary N) is 2. The zero-order valence-corrected chi connectivity index (χ0v) is 13.8. The van der Waals surface area contributed by atoms with Crippen molar-refractivity contribution in [2.75, 3.05) is 5.32 Å². The quantitative estimate of drug-likeness (QED) is 0.758. The first-order valence-electron chi connectivity index (χ1n) is 8.09. The first-order chi connectivity index (χ1) is 11.7. The predicted molar refractivity (Wildman–Crippen MR) is 93.1 cm³/mol. The molecule has 0 radical (unpaired) electrons. The van der Waals surface area contributed by atoms with Crippen LogP contribution in [0.1, 0.15) is 32.1 Å². The van der Waals surface area contributed by atoms with E-state index in [4.69, 9.17) is 4.42 Å². The van der Waals surface area contributed by atoms with Crippen LogP contribution in [-0.2, 0) is 4.79 Å². The monoisotopic (exact) mass is 343 g/mol. The summed E-state index contributed by atoms with van der Waals surface area (Å²) in [6, 6.07) is 5.43. The van der Waals surface area contributed by atoms with Gasteiger partial charge in [-0.15, -0.1) is 11.3 Å². The fraction of sp³-hybridized carbons (Fsp3) is 0.353. The lowest BCUT2D eigenvalue weighted by Gasteiger charge is -2.19. The molecule has 1 aliphatic rings. The van der Waals surface area contributed by atoms with Gasteiger partial charge in [-0.05, 0) is 25.0 Å². The molecule has 1 aliphatic carbocycles. The van der Waals surface area contributed by atoms with E-state index in [1.165, 1.54) is 17.8 Å². The Morgan fingerprint density at radius 1 is 1.29 bits per heavy atom. The topological polar surface area (TPSA) is 88.0 Å². The first kappa shape index (κ1) is 15.1. The number of fused-ring (bicyclic) bond motifs is 1. The molecule has 24 heavy (non-hydrogen) atoms. The van der Waals surface area contributed by atoms with E-state index < -0.39 is 5.76 Å². The van der Waals surface area contributed by atoms with Crippen molar-refractivity contribution in [2.45, 2.75) is 32.1 Å². The van der Waals surface area contributed by atoms with E-state index in [0.29, 0.717) is 16.2 Å². The van der Waals surface area contributed by atoms with Crippen molar-refractivity contribution in [1.82, 2.24) is 9.97 Å². The summed E-state index contributed by atoms with van der Waals surface area (Å²) in [4.78, 5) is 30.6. The van der Waals surface area contributed by atoms with Gasteiger partial charge in [0.2, 0.25) is 5.91 Å². The number of oxazole rings is 1. The van der Waals surface area contributed by atoms with Gasteiger partial charge >= 0.3 is 5.76 Å². The van der Waals surface area contributed by atoms with Crippen LogP contribution in [0, 0.1) is 5.92 Å². The standard InChI is InChI=1S/C17H17N3O3S/c21-15(10-4-2-1-3-5-10)20-16-18-13(9-24-16)11-6-7-12-14(8-11)23-17(22)19-12/h6-10H,1-5H2,(H,19,22)(H,18,20,21). The molecule has 1 aromatic carbocycles. The number of benzene rings is 1. The van der Waals surface area contributed by atoms with Crippen LogP contribution >= 0.6 is 11.3 Å². The Balaban J connectivity index is 1.52. The van der Waals surface area contributed by atoms with Crippen molar-refractivity contribution in [2.24, 2.45) is 5.92 Å². The third kappa shape index (κ3) is 2.99. The van der Waals surface area contributed by atoms with Gasteiger partial charge < -0.3 is 9.73 Å². The molecule has 6 nitrogen and oxygen atoms in total. The number of aromatic nitrogens is 2. The summed E-state index contributed by atoms with van der Waals surface area (Å²) in [6.45, 7) is 0. The van der Waals surface area contributed by atoms with E-state index in [2.05, 4.69) is 15.3 Å². The van der Waals surface area contributed by atoms with Gasteiger partial charge in [0.05, 0.1) is 11.2 Å². The van der Waals surface area contributed by atoms with Crippen molar-refractivity contribution >= 4 is 33.5 Å². The summed E-state index contributed by atoms with van der Waals surface area (Å²) in [5.41, 5.74) is 2.76. The number of hydrogen-bond donors (Lipinski definition) is 2. The second-order valence-electron chi connectivity index (χ2n) is 6.09. The summed E-state index contributed by atoms with van der Waals surface area (Å²) in [7, 11) is 0. The Bertz CT molecular complexity index is 934. The van der Waals surface area contributed by atoms with Crippen LogP contribution in [0.15, 0.2) is 32.8 Å². The predicted octanol–water partition coefficient (Wildman–Crippen LogP) is 3.76. The Kier molecular flexibility index (Phi) is 3.93. The van der Waals surface area contributed by atoms with Crippen molar-refractivity contribution in [1.29, 1.82) is 0 Å². The number of amides is 1. The molecule has 2 aromatic heterocycles. The lowest BCUT2D eigenvalue weighted by molar-refractivity contribution is -0.120. The molecule has 1 fully saturated rings. The zero-order valence-electron chi connectivity index (χ0n) is 13.0.